The van der Waals surface area contributed by atoms with Gasteiger partial charge in [-0.1, -0.05) is 12.0 Å². The third-order valence-electron chi connectivity index (χ3n) is 1.91. The molecule has 0 saturated heterocycles. The van der Waals surface area contributed by atoms with E-state index in [0.29, 0.717) is 6.54 Å². The average molecular weight is 235 g/mol. The Morgan fingerprint density at radius 1 is 1.56 bits per heavy atom. The van der Waals surface area contributed by atoms with Crippen molar-refractivity contribution in [3.05, 3.63) is 22.4 Å². The second kappa shape index (κ2) is 7.77. The van der Waals surface area contributed by atoms with Crippen molar-refractivity contribution in [3.63, 3.8) is 0 Å². The number of hydrogen-bond acceptors (Lipinski definition) is 2. The maximum Gasteiger partial charge on any atom is 0.192 e. The summed E-state index contributed by atoms with van der Waals surface area (Å²) in [5.41, 5.74) is 0. The van der Waals surface area contributed by atoms with E-state index in [-0.39, 0.29) is 0 Å². The summed E-state index contributed by atoms with van der Waals surface area (Å²) in [7, 11) is 0. The molecular weight excluding hydrogens is 218 g/mol. The van der Waals surface area contributed by atoms with Gasteiger partial charge in [0.05, 0.1) is 6.54 Å². The Labute approximate surface area is 101 Å². The Morgan fingerprint density at radius 2 is 2.44 bits per heavy atom. The fourth-order valence-electron chi connectivity index (χ4n) is 1.21. The first-order chi connectivity index (χ1) is 7.86. The van der Waals surface area contributed by atoms with Crippen LogP contribution in [0.5, 0.6) is 0 Å². The van der Waals surface area contributed by atoms with Gasteiger partial charge in [-0.05, 0) is 18.4 Å². The first-order valence-electron chi connectivity index (χ1n) is 5.34. The topological polar surface area (TPSA) is 36.4 Å². The molecule has 0 aliphatic carbocycles. The molecule has 16 heavy (non-hydrogen) atoms. The van der Waals surface area contributed by atoms with Gasteiger partial charge < -0.3 is 10.6 Å². The molecule has 0 atom stereocenters. The molecule has 0 bridgehead atoms. The highest BCUT2D eigenvalue weighted by Gasteiger charge is 1.95. The Kier molecular flexibility index (Phi) is 6.12. The van der Waals surface area contributed by atoms with Gasteiger partial charge in [0.15, 0.2) is 5.96 Å². The Hall–Kier alpha value is -1.47. The highest BCUT2D eigenvalue weighted by atomic mass is 32.1. The molecular formula is C12H17N3S. The minimum absolute atomic E-state index is 0.505. The van der Waals surface area contributed by atoms with E-state index in [1.165, 1.54) is 4.88 Å². The van der Waals surface area contributed by atoms with Crippen LogP contribution < -0.4 is 10.6 Å². The van der Waals surface area contributed by atoms with Crippen LogP contribution in [0, 0.1) is 12.3 Å². The van der Waals surface area contributed by atoms with Crippen LogP contribution in [0.15, 0.2) is 22.5 Å². The van der Waals surface area contributed by atoms with Crippen LogP contribution in [-0.4, -0.2) is 25.6 Å². The van der Waals surface area contributed by atoms with Crippen LogP contribution in [0.25, 0.3) is 0 Å². The molecule has 0 aromatic carbocycles. The minimum Gasteiger partial charge on any atom is -0.357 e. The molecule has 1 aromatic heterocycles. The van der Waals surface area contributed by atoms with Gasteiger partial charge in [0, 0.05) is 24.4 Å². The zero-order valence-corrected chi connectivity index (χ0v) is 10.3. The zero-order valence-electron chi connectivity index (χ0n) is 9.49. The second-order valence-electron chi connectivity index (χ2n) is 3.15. The van der Waals surface area contributed by atoms with Gasteiger partial charge in [0.2, 0.25) is 0 Å². The molecule has 4 heteroatoms. The first-order valence-corrected chi connectivity index (χ1v) is 6.22. The van der Waals surface area contributed by atoms with Gasteiger partial charge in [0.1, 0.15) is 0 Å². The third kappa shape index (κ3) is 4.85. The molecule has 0 unspecified atom stereocenters. The van der Waals surface area contributed by atoms with Crippen LogP contribution in [0.1, 0.15) is 11.8 Å². The maximum atomic E-state index is 5.19. The third-order valence-corrected chi connectivity index (χ3v) is 2.85. The SMILES string of the molecule is C#CCNC(=NCCc1cccs1)NCC. The Bertz CT molecular complexity index is 349. The minimum atomic E-state index is 0.505. The Morgan fingerprint density at radius 3 is 3.06 bits per heavy atom. The van der Waals surface area contributed by atoms with E-state index < -0.39 is 0 Å². The number of thiophene rings is 1. The highest BCUT2D eigenvalue weighted by molar-refractivity contribution is 7.09. The van der Waals surface area contributed by atoms with E-state index in [2.05, 4.69) is 39.1 Å². The van der Waals surface area contributed by atoms with Crippen molar-refractivity contribution in [3.8, 4) is 12.3 Å². The number of nitrogens with zero attached hydrogens (tertiary/aromatic N) is 1. The summed E-state index contributed by atoms with van der Waals surface area (Å²) in [6.07, 6.45) is 6.16. The van der Waals surface area contributed by atoms with E-state index in [4.69, 9.17) is 6.42 Å². The summed E-state index contributed by atoms with van der Waals surface area (Å²) in [6, 6.07) is 4.19. The number of nitrogens with one attached hydrogen (secondary N) is 2. The summed E-state index contributed by atoms with van der Waals surface area (Å²) in [5, 5.41) is 8.29. The molecule has 0 spiro atoms. The summed E-state index contributed by atoms with van der Waals surface area (Å²) in [4.78, 5) is 5.79. The lowest BCUT2D eigenvalue weighted by atomic mass is 10.3. The molecule has 1 aromatic rings. The maximum absolute atomic E-state index is 5.19. The predicted molar refractivity (Wildman–Crippen MR) is 70.8 cm³/mol. The van der Waals surface area contributed by atoms with Crippen LogP contribution in [-0.2, 0) is 6.42 Å². The van der Waals surface area contributed by atoms with Crippen LogP contribution in [0.2, 0.25) is 0 Å². The summed E-state index contributed by atoms with van der Waals surface area (Å²) in [6.45, 7) is 4.16. The molecule has 3 nitrogen and oxygen atoms in total. The zero-order chi connectivity index (χ0) is 11.6. The summed E-state index contributed by atoms with van der Waals surface area (Å²) in [5.74, 6) is 3.32. The van der Waals surface area contributed by atoms with Crippen molar-refractivity contribution >= 4 is 17.3 Å². The normalized spacial score (nSPS) is 10.9. The van der Waals surface area contributed by atoms with E-state index in [1.54, 1.807) is 11.3 Å². The van der Waals surface area contributed by atoms with Gasteiger partial charge >= 0.3 is 0 Å². The van der Waals surface area contributed by atoms with Crippen molar-refractivity contribution in [2.75, 3.05) is 19.6 Å². The lowest BCUT2D eigenvalue weighted by Gasteiger charge is -2.08. The van der Waals surface area contributed by atoms with Gasteiger partial charge in [0.25, 0.3) is 0 Å². The number of hydrogen-bond donors (Lipinski definition) is 2. The molecule has 2 N–H and O–H groups in total. The lowest BCUT2D eigenvalue weighted by Crippen LogP contribution is -2.37. The smallest absolute Gasteiger partial charge is 0.192 e. The molecule has 0 aliphatic heterocycles. The average Bonchev–Trinajstić information content (AvgIpc) is 2.79. The molecule has 0 radical (unpaired) electrons. The van der Waals surface area contributed by atoms with Crippen LogP contribution >= 0.6 is 11.3 Å². The molecule has 1 rings (SSSR count). The molecule has 0 amide bonds. The highest BCUT2D eigenvalue weighted by Crippen LogP contribution is 2.08. The number of rotatable bonds is 5. The van der Waals surface area contributed by atoms with Crippen molar-refractivity contribution in [1.82, 2.24) is 10.6 Å². The van der Waals surface area contributed by atoms with E-state index in [1.807, 2.05) is 6.92 Å². The van der Waals surface area contributed by atoms with Crippen LogP contribution in [0.3, 0.4) is 0 Å². The van der Waals surface area contributed by atoms with Gasteiger partial charge in [-0.15, -0.1) is 17.8 Å². The van der Waals surface area contributed by atoms with Crippen molar-refractivity contribution in [2.45, 2.75) is 13.3 Å². The van der Waals surface area contributed by atoms with Gasteiger partial charge in [-0.2, -0.15) is 0 Å². The first kappa shape index (κ1) is 12.6. The van der Waals surface area contributed by atoms with E-state index in [0.717, 1.165) is 25.5 Å². The van der Waals surface area contributed by atoms with Gasteiger partial charge in [-0.25, -0.2) is 0 Å². The fraction of sp³-hybridized carbons (Fsp3) is 0.417. The van der Waals surface area contributed by atoms with Gasteiger partial charge in [-0.3, -0.25) is 4.99 Å². The van der Waals surface area contributed by atoms with Crippen molar-refractivity contribution in [1.29, 1.82) is 0 Å². The van der Waals surface area contributed by atoms with Crippen molar-refractivity contribution in [2.24, 2.45) is 4.99 Å². The molecule has 0 fully saturated rings. The summed E-state index contributed by atoms with van der Waals surface area (Å²) < 4.78 is 0. The molecule has 0 aliphatic rings. The number of terminal acetylenes is 1. The van der Waals surface area contributed by atoms with E-state index in [9.17, 15) is 0 Å². The molecule has 86 valence electrons. The standard InChI is InChI=1S/C12H17N3S/c1-3-8-14-12(13-4-2)15-9-7-11-6-5-10-16-11/h1,5-6,10H,4,7-9H2,2H3,(H2,13,14,15). The monoisotopic (exact) mass is 235 g/mol. The van der Waals surface area contributed by atoms with Crippen molar-refractivity contribution < 1.29 is 0 Å². The Balaban J connectivity index is 2.35. The largest absolute Gasteiger partial charge is 0.357 e. The number of aliphatic imine (C=N–C) groups is 1. The number of guanidine groups is 1. The van der Waals surface area contributed by atoms with Crippen LogP contribution in [0.4, 0.5) is 0 Å². The fourth-order valence-corrected chi connectivity index (χ4v) is 1.91. The molecule has 0 saturated carbocycles. The molecule has 1 heterocycles. The summed E-state index contributed by atoms with van der Waals surface area (Å²) >= 11 is 1.76. The quantitative estimate of drug-likeness (QED) is 0.461. The lowest BCUT2D eigenvalue weighted by molar-refractivity contribution is 0.858. The predicted octanol–water partition coefficient (Wildman–Crippen LogP) is 1.48. The second-order valence-corrected chi connectivity index (χ2v) is 4.18. The van der Waals surface area contributed by atoms with E-state index >= 15 is 0 Å².